The number of hydrogen-bond donors (Lipinski definition) is 3. The van der Waals surface area contributed by atoms with Gasteiger partial charge in [0, 0.05) is 42.6 Å². The Bertz CT molecular complexity index is 1650. The third-order valence-electron chi connectivity index (χ3n) is 6.15. The minimum atomic E-state index is -0.685. The van der Waals surface area contributed by atoms with Crippen molar-refractivity contribution >= 4 is 34.4 Å². The molecule has 38 heavy (non-hydrogen) atoms. The quantitative estimate of drug-likeness (QED) is 0.322. The summed E-state index contributed by atoms with van der Waals surface area (Å²) in [4.78, 5) is 31.5. The number of urea groups is 1. The number of nitrogens with zero attached hydrogens (tertiary/aromatic N) is 4. The van der Waals surface area contributed by atoms with Crippen molar-refractivity contribution < 1.29 is 13.9 Å². The molecule has 0 bridgehead atoms. The van der Waals surface area contributed by atoms with Gasteiger partial charge in [0.25, 0.3) is 0 Å². The van der Waals surface area contributed by atoms with Gasteiger partial charge in [-0.3, -0.25) is 14.9 Å². The summed E-state index contributed by atoms with van der Waals surface area (Å²) in [5, 5.41) is 10.1. The first-order chi connectivity index (χ1) is 18.1. The minimum absolute atomic E-state index is 0.0225. The number of aromatic amines is 1. The molecule has 3 aromatic heterocycles. The number of amides is 2. The summed E-state index contributed by atoms with van der Waals surface area (Å²) >= 11 is 0. The molecule has 3 N–H and O–H groups in total. The van der Waals surface area contributed by atoms with Gasteiger partial charge in [-0.15, -0.1) is 0 Å². The molecule has 4 aromatic rings. The SMILES string of the molecule is Cn1c(=O)[nH]c2nccc(Oc3ccc(NC(=O)Nc4cc(C(C)(C)C)nn4C4=CC=CCC4)c(F)c3)c21. The highest BCUT2D eigenvalue weighted by Crippen LogP contribution is 2.31. The first-order valence-electron chi connectivity index (χ1n) is 12.2. The molecule has 3 heterocycles. The number of imidazole rings is 1. The van der Waals surface area contributed by atoms with Gasteiger partial charge >= 0.3 is 11.7 Å². The number of halogens is 1. The Labute approximate surface area is 217 Å². The highest BCUT2D eigenvalue weighted by atomic mass is 19.1. The van der Waals surface area contributed by atoms with E-state index in [4.69, 9.17) is 9.84 Å². The number of hydrogen-bond acceptors (Lipinski definition) is 5. The van der Waals surface area contributed by atoms with Crippen LogP contribution in [0.1, 0.15) is 39.3 Å². The third kappa shape index (κ3) is 4.95. The fraction of sp³-hybridized carbons (Fsp3) is 0.259. The molecule has 0 aliphatic heterocycles. The van der Waals surface area contributed by atoms with Crippen LogP contribution in [0, 0.1) is 5.82 Å². The minimum Gasteiger partial charge on any atom is -0.455 e. The van der Waals surface area contributed by atoms with E-state index in [2.05, 4.69) is 26.7 Å². The van der Waals surface area contributed by atoms with E-state index in [0.717, 1.165) is 30.3 Å². The number of fused-ring (bicyclic) bond motifs is 1. The van der Waals surface area contributed by atoms with Crippen LogP contribution in [0.3, 0.4) is 0 Å². The van der Waals surface area contributed by atoms with E-state index in [-0.39, 0.29) is 22.5 Å². The number of rotatable bonds is 5. The van der Waals surface area contributed by atoms with Crippen molar-refractivity contribution in [3.8, 4) is 11.5 Å². The molecule has 2 amide bonds. The van der Waals surface area contributed by atoms with E-state index >= 15 is 0 Å². The van der Waals surface area contributed by atoms with Gasteiger partial charge in [-0.1, -0.05) is 32.9 Å². The lowest BCUT2D eigenvalue weighted by molar-refractivity contribution is 0.262. The van der Waals surface area contributed by atoms with Gasteiger partial charge in [0.05, 0.1) is 11.4 Å². The standard InChI is InChI=1S/C27H28FN7O3/c1-27(2,3)21-15-22(35(33-21)16-8-6-5-7-9-16)31-25(36)30-19-11-10-17(14-18(19)28)38-20-12-13-29-24-23(20)34(4)26(37)32-24/h5-6,8,10-15H,7,9H2,1-4H3,(H,29,32,37)(H2,30,31,36). The molecule has 1 aliphatic carbocycles. The number of aromatic nitrogens is 5. The fourth-order valence-electron chi connectivity index (χ4n) is 4.10. The van der Waals surface area contributed by atoms with E-state index in [1.807, 2.05) is 39.0 Å². The molecule has 1 aliphatic rings. The second-order valence-electron chi connectivity index (χ2n) is 10.0. The molecule has 1 aromatic carbocycles. The summed E-state index contributed by atoms with van der Waals surface area (Å²) in [7, 11) is 1.58. The summed E-state index contributed by atoms with van der Waals surface area (Å²) < 4.78 is 23.9. The van der Waals surface area contributed by atoms with Crippen molar-refractivity contribution in [2.75, 3.05) is 10.6 Å². The molecule has 10 nitrogen and oxygen atoms in total. The molecule has 0 atom stereocenters. The summed E-state index contributed by atoms with van der Waals surface area (Å²) in [5.74, 6) is 0.339. The van der Waals surface area contributed by atoms with Crippen molar-refractivity contribution in [2.24, 2.45) is 7.05 Å². The predicted molar refractivity (Wildman–Crippen MR) is 144 cm³/mol. The fourth-order valence-corrected chi connectivity index (χ4v) is 4.10. The highest BCUT2D eigenvalue weighted by molar-refractivity contribution is 5.99. The van der Waals surface area contributed by atoms with E-state index in [1.54, 1.807) is 17.8 Å². The van der Waals surface area contributed by atoms with Crippen molar-refractivity contribution in [3.05, 3.63) is 76.8 Å². The van der Waals surface area contributed by atoms with Gasteiger partial charge < -0.3 is 10.1 Å². The number of anilines is 2. The Kier molecular flexibility index (Phi) is 6.35. The van der Waals surface area contributed by atoms with Crippen molar-refractivity contribution in [2.45, 2.75) is 39.0 Å². The average Bonchev–Trinajstić information content (AvgIpc) is 3.42. The third-order valence-corrected chi connectivity index (χ3v) is 6.15. The second-order valence-corrected chi connectivity index (χ2v) is 10.0. The van der Waals surface area contributed by atoms with Crippen LogP contribution in [0.4, 0.5) is 20.7 Å². The topological polar surface area (TPSA) is 119 Å². The second kappa shape index (κ2) is 9.66. The van der Waals surface area contributed by atoms with Gasteiger partial charge in [0.2, 0.25) is 0 Å². The van der Waals surface area contributed by atoms with Crippen LogP contribution in [-0.2, 0) is 12.5 Å². The van der Waals surface area contributed by atoms with Crippen molar-refractivity contribution in [3.63, 3.8) is 0 Å². The van der Waals surface area contributed by atoms with Gasteiger partial charge in [0.15, 0.2) is 11.4 Å². The molecule has 0 saturated carbocycles. The Morgan fingerprint density at radius 1 is 1.18 bits per heavy atom. The molecular weight excluding hydrogens is 489 g/mol. The first kappa shape index (κ1) is 25.0. The Morgan fingerprint density at radius 2 is 2.00 bits per heavy atom. The predicted octanol–water partition coefficient (Wildman–Crippen LogP) is 5.52. The summed E-state index contributed by atoms with van der Waals surface area (Å²) in [6.07, 6.45) is 9.16. The van der Waals surface area contributed by atoms with Gasteiger partial charge in [-0.05, 0) is 31.1 Å². The molecule has 0 radical (unpaired) electrons. The van der Waals surface area contributed by atoms with Gasteiger partial charge in [0.1, 0.15) is 22.9 Å². The Balaban J connectivity index is 1.34. The zero-order valence-electron chi connectivity index (χ0n) is 21.5. The van der Waals surface area contributed by atoms with Crippen LogP contribution < -0.4 is 21.1 Å². The molecule has 11 heteroatoms. The number of carbonyl (C=O) groups excluding carboxylic acids is 1. The number of benzene rings is 1. The van der Waals surface area contributed by atoms with E-state index in [9.17, 15) is 14.0 Å². The highest BCUT2D eigenvalue weighted by Gasteiger charge is 2.23. The van der Waals surface area contributed by atoms with E-state index in [0.29, 0.717) is 22.7 Å². The van der Waals surface area contributed by atoms with Crippen LogP contribution in [0.2, 0.25) is 0 Å². The zero-order chi connectivity index (χ0) is 27.0. The molecule has 5 rings (SSSR count). The number of aryl methyl sites for hydroxylation is 1. The number of pyridine rings is 1. The molecule has 196 valence electrons. The zero-order valence-corrected chi connectivity index (χ0v) is 21.5. The molecule has 0 fully saturated rings. The maximum Gasteiger partial charge on any atom is 0.327 e. The first-order valence-corrected chi connectivity index (χ1v) is 12.2. The molecule has 0 saturated heterocycles. The van der Waals surface area contributed by atoms with Gasteiger partial charge in [-0.2, -0.15) is 5.10 Å². The van der Waals surface area contributed by atoms with Crippen LogP contribution in [0.5, 0.6) is 11.5 Å². The lowest BCUT2D eigenvalue weighted by atomic mass is 9.92. The monoisotopic (exact) mass is 517 g/mol. The van der Waals surface area contributed by atoms with Crippen LogP contribution >= 0.6 is 0 Å². The molecule has 0 unspecified atom stereocenters. The smallest absolute Gasteiger partial charge is 0.327 e. The molecular formula is C27H28FN7O3. The Morgan fingerprint density at radius 3 is 2.71 bits per heavy atom. The maximum absolute atomic E-state index is 14.9. The molecule has 0 spiro atoms. The number of carbonyl (C=O) groups is 1. The van der Waals surface area contributed by atoms with E-state index in [1.165, 1.54) is 22.9 Å². The number of ether oxygens (including phenoxy) is 1. The van der Waals surface area contributed by atoms with Crippen LogP contribution in [0.25, 0.3) is 16.9 Å². The normalized spacial score (nSPS) is 13.4. The van der Waals surface area contributed by atoms with Crippen molar-refractivity contribution in [1.29, 1.82) is 0 Å². The lowest BCUT2D eigenvalue weighted by Crippen LogP contribution is -2.22. The van der Waals surface area contributed by atoms with Crippen LogP contribution in [-0.4, -0.2) is 30.3 Å². The average molecular weight is 518 g/mol. The lowest BCUT2D eigenvalue weighted by Gasteiger charge is -2.15. The largest absolute Gasteiger partial charge is 0.455 e. The van der Waals surface area contributed by atoms with Gasteiger partial charge in [-0.25, -0.2) is 23.6 Å². The number of allylic oxidation sites excluding steroid dienone is 4. The van der Waals surface area contributed by atoms with Crippen molar-refractivity contribution in [1.82, 2.24) is 24.3 Å². The summed E-state index contributed by atoms with van der Waals surface area (Å²) in [5.41, 5.74) is 2.00. The Hall–Kier alpha value is -4.67. The summed E-state index contributed by atoms with van der Waals surface area (Å²) in [6.45, 7) is 6.14. The summed E-state index contributed by atoms with van der Waals surface area (Å²) in [6, 6.07) is 6.90. The number of nitrogens with one attached hydrogen (secondary N) is 3. The van der Waals surface area contributed by atoms with Crippen LogP contribution in [0.15, 0.2) is 59.6 Å². The number of H-pyrrole nitrogens is 1. The maximum atomic E-state index is 14.9. The van der Waals surface area contributed by atoms with E-state index < -0.39 is 11.8 Å².